The molecule has 0 fully saturated rings. The molecular formula is C10H16N2O. The number of aliphatic hydroxyl groups is 1. The van der Waals surface area contributed by atoms with Crippen molar-refractivity contribution >= 4 is 5.69 Å². The standard InChI is InChI=1S/C10H16N2O/c1-2-3-4-10(13)8-7-12-6-5-9(8)11/h5-7,10,13H,2-4H2,1H3,(H2,11,12). The van der Waals surface area contributed by atoms with Gasteiger partial charge in [-0.3, -0.25) is 4.98 Å². The summed E-state index contributed by atoms with van der Waals surface area (Å²) in [5.41, 5.74) is 7.06. The number of pyridine rings is 1. The molecule has 0 amide bonds. The van der Waals surface area contributed by atoms with Crippen molar-refractivity contribution in [2.45, 2.75) is 32.3 Å². The minimum atomic E-state index is -0.464. The number of anilines is 1. The van der Waals surface area contributed by atoms with Gasteiger partial charge < -0.3 is 10.8 Å². The van der Waals surface area contributed by atoms with E-state index in [-0.39, 0.29) is 0 Å². The Morgan fingerprint density at radius 2 is 2.38 bits per heavy atom. The Balaban J connectivity index is 2.65. The van der Waals surface area contributed by atoms with Crippen molar-refractivity contribution in [1.82, 2.24) is 4.98 Å². The molecule has 1 aromatic rings. The summed E-state index contributed by atoms with van der Waals surface area (Å²) in [6.45, 7) is 2.10. The summed E-state index contributed by atoms with van der Waals surface area (Å²) < 4.78 is 0. The smallest absolute Gasteiger partial charge is 0.0825 e. The molecule has 1 unspecified atom stereocenters. The molecule has 72 valence electrons. The zero-order chi connectivity index (χ0) is 9.68. The number of nitrogen functional groups attached to an aromatic ring is 1. The van der Waals surface area contributed by atoms with Crippen LogP contribution in [0.4, 0.5) is 5.69 Å². The minimum absolute atomic E-state index is 0.464. The summed E-state index contributed by atoms with van der Waals surface area (Å²) in [5.74, 6) is 0. The first kappa shape index (κ1) is 9.99. The summed E-state index contributed by atoms with van der Waals surface area (Å²) in [5, 5.41) is 9.71. The highest BCUT2D eigenvalue weighted by atomic mass is 16.3. The SMILES string of the molecule is CCCCC(O)c1cnccc1N. The van der Waals surface area contributed by atoms with Crippen LogP contribution in [0.25, 0.3) is 0 Å². The molecule has 0 spiro atoms. The lowest BCUT2D eigenvalue weighted by Crippen LogP contribution is -2.02. The monoisotopic (exact) mass is 180 g/mol. The fourth-order valence-corrected chi connectivity index (χ4v) is 1.25. The predicted octanol–water partition coefficient (Wildman–Crippen LogP) is 1.89. The molecule has 0 radical (unpaired) electrons. The quantitative estimate of drug-likeness (QED) is 0.743. The number of hydrogen-bond donors (Lipinski definition) is 2. The number of unbranched alkanes of at least 4 members (excludes halogenated alkanes) is 1. The van der Waals surface area contributed by atoms with Crippen molar-refractivity contribution < 1.29 is 5.11 Å². The van der Waals surface area contributed by atoms with E-state index >= 15 is 0 Å². The topological polar surface area (TPSA) is 59.1 Å². The number of nitrogens with zero attached hydrogens (tertiary/aromatic N) is 1. The van der Waals surface area contributed by atoms with Crippen LogP contribution in [0.3, 0.4) is 0 Å². The van der Waals surface area contributed by atoms with Crippen molar-refractivity contribution in [3.05, 3.63) is 24.0 Å². The molecule has 1 heterocycles. The molecule has 0 saturated heterocycles. The van der Waals surface area contributed by atoms with Crippen LogP contribution < -0.4 is 5.73 Å². The van der Waals surface area contributed by atoms with E-state index in [1.807, 2.05) is 0 Å². The molecule has 13 heavy (non-hydrogen) atoms. The van der Waals surface area contributed by atoms with E-state index < -0.39 is 6.10 Å². The van der Waals surface area contributed by atoms with Crippen LogP contribution in [-0.4, -0.2) is 10.1 Å². The van der Waals surface area contributed by atoms with Gasteiger partial charge in [-0.05, 0) is 12.5 Å². The highest BCUT2D eigenvalue weighted by Crippen LogP contribution is 2.22. The predicted molar refractivity (Wildman–Crippen MR) is 53.1 cm³/mol. The third-order valence-electron chi connectivity index (χ3n) is 2.08. The summed E-state index contributed by atoms with van der Waals surface area (Å²) in [6.07, 6.45) is 5.65. The van der Waals surface area contributed by atoms with Gasteiger partial charge in [0.1, 0.15) is 0 Å². The van der Waals surface area contributed by atoms with Gasteiger partial charge in [-0.25, -0.2) is 0 Å². The van der Waals surface area contributed by atoms with E-state index in [0.29, 0.717) is 5.69 Å². The summed E-state index contributed by atoms with van der Waals surface area (Å²) in [4.78, 5) is 3.93. The maximum Gasteiger partial charge on any atom is 0.0825 e. The Morgan fingerprint density at radius 3 is 3.00 bits per heavy atom. The van der Waals surface area contributed by atoms with Crippen molar-refractivity contribution in [2.75, 3.05) is 5.73 Å². The van der Waals surface area contributed by atoms with Crippen LogP contribution in [0.2, 0.25) is 0 Å². The normalized spacial score (nSPS) is 12.8. The van der Waals surface area contributed by atoms with Crippen LogP contribution in [0.1, 0.15) is 37.9 Å². The third kappa shape index (κ3) is 2.70. The van der Waals surface area contributed by atoms with Gasteiger partial charge in [0.15, 0.2) is 0 Å². The zero-order valence-corrected chi connectivity index (χ0v) is 7.90. The van der Waals surface area contributed by atoms with E-state index in [0.717, 1.165) is 24.8 Å². The maximum absolute atomic E-state index is 9.71. The summed E-state index contributed by atoms with van der Waals surface area (Å²) in [6, 6.07) is 1.71. The Morgan fingerprint density at radius 1 is 1.62 bits per heavy atom. The van der Waals surface area contributed by atoms with Gasteiger partial charge in [0.25, 0.3) is 0 Å². The average molecular weight is 180 g/mol. The van der Waals surface area contributed by atoms with Crippen LogP contribution in [0.5, 0.6) is 0 Å². The third-order valence-corrected chi connectivity index (χ3v) is 2.08. The van der Waals surface area contributed by atoms with E-state index in [4.69, 9.17) is 5.73 Å². The number of rotatable bonds is 4. The lowest BCUT2D eigenvalue weighted by molar-refractivity contribution is 0.164. The molecule has 1 rings (SSSR count). The molecular weight excluding hydrogens is 164 g/mol. The van der Waals surface area contributed by atoms with Gasteiger partial charge in [-0.15, -0.1) is 0 Å². The first-order valence-electron chi connectivity index (χ1n) is 4.63. The lowest BCUT2D eigenvalue weighted by Gasteiger charge is -2.11. The van der Waals surface area contributed by atoms with E-state index in [9.17, 15) is 5.11 Å². The van der Waals surface area contributed by atoms with Gasteiger partial charge in [-0.2, -0.15) is 0 Å². The highest BCUT2D eigenvalue weighted by Gasteiger charge is 2.09. The van der Waals surface area contributed by atoms with Crippen LogP contribution in [0, 0.1) is 0 Å². The van der Waals surface area contributed by atoms with Crippen molar-refractivity contribution in [3.8, 4) is 0 Å². The van der Waals surface area contributed by atoms with Crippen molar-refractivity contribution in [2.24, 2.45) is 0 Å². The first-order valence-corrected chi connectivity index (χ1v) is 4.63. The van der Waals surface area contributed by atoms with E-state index in [1.165, 1.54) is 0 Å². The van der Waals surface area contributed by atoms with Gasteiger partial charge in [0, 0.05) is 23.6 Å². The first-order chi connectivity index (χ1) is 6.25. The van der Waals surface area contributed by atoms with Gasteiger partial charge >= 0.3 is 0 Å². The zero-order valence-electron chi connectivity index (χ0n) is 7.90. The van der Waals surface area contributed by atoms with E-state index in [1.54, 1.807) is 18.5 Å². The number of nitrogens with two attached hydrogens (primary N) is 1. The van der Waals surface area contributed by atoms with Crippen LogP contribution in [0.15, 0.2) is 18.5 Å². The Labute approximate surface area is 78.6 Å². The molecule has 0 saturated carbocycles. The Bertz CT molecular complexity index is 263. The molecule has 0 aliphatic rings. The molecule has 1 atom stereocenters. The van der Waals surface area contributed by atoms with Crippen LogP contribution in [-0.2, 0) is 0 Å². The largest absolute Gasteiger partial charge is 0.398 e. The number of aromatic nitrogens is 1. The van der Waals surface area contributed by atoms with Gasteiger partial charge in [0.2, 0.25) is 0 Å². The van der Waals surface area contributed by atoms with Crippen LogP contribution >= 0.6 is 0 Å². The minimum Gasteiger partial charge on any atom is -0.398 e. The maximum atomic E-state index is 9.71. The molecule has 0 aromatic carbocycles. The van der Waals surface area contributed by atoms with Crippen molar-refractivity contribution in [1.29, 1.82) is 0 Å². The summed E-state index contributed by atoms with van der Waals surface area (Å²) >= 11 is 0. The second kappa shape index (κ2) is 4.82. The average Bonchev–Trinajstić information content (AvgIpc) is 2.15. The fourth-order valence-electron chi connectivity index (χ4n) is 1.25. The number of hydrogen-bond acceptors (Lipinski definition) is 3. The fraction of sp³-hybridized carbons (Fsp3) is 0.500. The molecule has 0 bridgehead atoms. The second-order valence-corrected chi connectivity index (χ2v) is 3.16. The van der Waals surface area contributed by atoms with Gasteiger partial charge in [0.05, 0.1) is 6.10 Å². The molecule has 3 N–H and O–H groups in total. The Kier molecular flexibility index (Phi) is 3.71. The molecule has 0 aliphatic heterocycles. The van der Waals surface area contributed by atoms with Crippen molar-refractivity contribution in [3.63, 3.8) is 0 Å². The molecule has 3 nitrogen and oxygen atoms in total. The number of aliphatic hydroxyl groups excluding tert-OH is 1. The van der Waals surface area contributed by atoms with Gasteiger partial charge in [-0.1, -0.05) is 19.8 Å². The summed E-state index contributed by atoms with van der Waals surface area (Å²) in [7, 11) is 0. The highest BCUT2D eigenvalue weighted by molar-refractivity contribution is 5.45. The molecule has 0 aliphatic carbocycles. The Hall–Kier alpha value is -1.09. The molecule has 3 heteroatoms. The van der Waals surface area contributed by atoms with E-state index in [2.05, 4.69) is 11.9 Å². The lowest BCUT2D eigenvalue weighted by atomic mass is 10.0. The second-order valence-electron chi connectivity index (χ2n) is 3.16. The molecule has 1 aromatic heterocycles.